The second kappa shape index (κ2) is 5.27. The first-order valence-corrected chi connectivity index (χ1v) is 5.16. The fourth-order valence-corrected chi connectivity index (χ4v) is 1.60. The molecule has 0 saturated heterocycles. The fourth-order valence-electron chi connectivity index (χ4n) is 1.18. The molecule has 18 heavy (non-hydrogen) atoms. The SMILES string of the molecule is COC(=O)c1c(OC(F)(F)F)ccc(Br)c1C#N. The number of hydrogen-bond acceptors (Lipinski definition) is 4. The second-order valence-electron chi connectivity index (χ2n) is 2.95. The van der Waals surface area contributed by atoms with Gasteiger partial charge in [-0.1, -0.05) is 0 Å². The summed E-state index contributed by atoms with van der Waals surface area (Å²) in [6, 6.07) is 3.70. The van der Waals surface area contributed by atoms with Crippen molar-refractivity contribution in [2.24, 2.45) is 0 Å². The molecule has 0 fully saturated rings. The molecule has 96 valence electrons. The predicted octanol–water partition coefficient (Wildman–Crippen LogP) is 3.01. The van der Waals surface area contributed by atoms with Crippen LogP contribution in [0.3, 0.4) is 0 Å². The van der Waals surface area contributed by atoms with Gasteiger partial charge in [0.2, 0.25) is 0 Å². The third-order valence-corrected chi connectivity index (χ3v) is 2.50. The number of ether oxygens (including phenoxy) is 2. The molecule has 0 heterocycles. The molecule has 0 aliphatic heterocycles. The summed E-state index contributed by atoms with van der Waals surface area (Å²) in [5.74, 6) is -1.87. The van der Waals surface area contributed by atoms with Gasteiger partial charge in [-0.05, 0) is 28.1 Å². The number of nitriles is 1. The maximum absolute atomic E-state index is 12.2. The Morgan fingerprint density at radius 1 is 1.44 bits per heavy atom. The smallest absolute Gasteiger partial charge is 0.465 e. The maximum atomic E-state index is 12.2. The molecule has 4 nitrogen and oxygen atoms in total. The van der Waals surface area contributed by atoms with Gasteiger partial charge in [-0.15, -0.1) is 13.2 Å². The largest absolute Gasteiger partial charge is 0.573 e. The Hall–Kier alpha value is -1.75. The summed E-state index contributed by atoms with van der Waals surface area (Å²) in [5.41, 5.74) is -0.865. The van der Waals surface area contributed by atoms with E-state index >= 15 is 0 Å². The molecule has 0 radical (unpaired) electrons. The van der Waals surface area contributed by atoms with Gasteiger partial charge in [0.25, 0.3) is 0 Å². The average molecular weight is 324 g/mol. The number of hydrogen-bond donors (Lipinski definition) is 0. The van der Waals surface area contributed by atoms with E-state index in [2.05, 4.69) is 25.4 Å². The van der Waals surface area contributed by atoms with Crippen molar-refractivity contribution in [3.05, 3.63) is 27.7 Å². The molecule has 0 N–H and O–H groups in total. The molecule has 0 saturated carbocycles. The van der Waals surface area contributed by atoms with Crippen molar-refractivity contribution >= 4 is 21.9 Å². The Morgan fingerprint density at radius 2 is 2.06 bits per heavy atom. The summed E-state index contributed by atoms with van der Waals surface area (Å²) < 4.78 is 44.6. The third-order valence-electron chi connectivity index (χ3n) is 1.84. The number of rotatable bonds is 2. The lowest BCUT2D eigenvalue weighted by atomic mass is 10.1. The molecule has 1 rings (SSSR count). The number of alkyl halides is 3. The Kier molecular flexibility index (Phi) is 4.19. The molecule has 0 bridgehead atoms. The Bertz CT molecular complexity index is 522. The van der Waals surface area contributed by atoms with Gasteiger partial charge in [0, 0.05) is 4.47 Å². The van der Waals surface area contributed by atoms with E-state index in [9.17, 15) is 18.0 Å². The van der Waals surface area contributed by atoms with Gasteiger partial charge >= 0.3 is 12.3 Å². The van der Waals surface area contributed by atoms with Crippen molar-refractivity contribution in [3.8, 4) is 11.8 Å². The van der Waals surface area contributed by atoms with Crippen LogP contribution in [0.1, 0.15) is 15.9 Å². The van der Waals surface area contributed by atoms with E-state index in [1.54, 1.807) is 6.07 Å². The minimum atomic E-state index is -4.97. The summed E-state index contributed by atoms with van der Waals surface area (Å²) in [6.07, 6.45) is -4.97. The summed E-state index contributed by atoms with van der Waals surface area (Å²) in [4.78, 5) is 11.4. The molecule has 0 aliphatic carbocycles. The number of benzene rings is 1. The molecule has 8 heteroatoms. The van der Waals surface area contributed by atoms with Crippen LogP contribution in [-0.4, -0.2) is 19.4 Å². The zero-order chi connectivity index (χ0) is 13.9. The van der Waals surface area contributed by atoms with Crippen molar-refractivity contribution in [1.82, 2.24) is 0 Å². The third kappa shape index (κ3) is 3.13. The monoisotopic (exact) mass is 323 g/mol. The highest BCUT2D eigenvalue weighted by Crippen LogP contribution is 2.32. The highest BCUT2D eigenvalue weighted by molar-refractivity contribution is 9.10. The Labute approximate surface area is 108 Å². The first-order chi connectivity index (χ1) is 8.30. The van der Waals surface area contributed by atoms with Crippen LogP contribution in [0.5, 0.6) is 5.75 Å². The lowest BCUT2D eigenvalue weighted by Gasteiger charge is -2.13. The average Bonchev–Trinajstić information content (AvgIpc) is 2.28. The van der Waals surface area contributed by atoms with E-state index in [1.807, 2.05) is 0 Å². The van der Waals surface area contributed by atoms with E-state index in [0.717, 1.165) is 13.2 Å². The lowest BCUT2D eigenvalue weighted by Crippen LogP contribution is -2.20. The van der Waals surface area contributed by atoms with Crippen molar-refractivity contribution in [1.29, 1.82) is 5.26 Å². The van der Waals surface area contributed by atoms with Crippen LogP contribution < -0.4 is 4.74 Å². The normalized spacial score (nSPS) is 10.7. The molecule has 1 aromatic rings. The van der Waals surface area contributed by atoms with Crippen molar-refractivity contribution < 1.29 is 27.4 Å². The predicted molar refractivity (Wildman–Crippen MR) is 56.9 cm³/mol. The Morgan fingerprint density at radius 3 is 2.50 bits per heavy atom. The van der Waals surface area contributed by atoms with Gasteiger partial charge in [0.15, 0.2) is 0 Å². The summed E-state index contributed by atoms with van der Waals surface area (Å²) in [6.45, 7) is 0. The molecule has 0 aromatic heterocycles. The van der Waals surface area contributed by atoms with Crippen LogP contribution in [0.15, 0.2) is 16.6 Å². The van der Waals surface area contributed by atoms with Crippen LogP contribution in [0, 0.1) is 11.3 Å². The number of carbonyl (C=O) groups excluding carboxylic acids is 1. The van der Waals surface area contributed by atoms with Crippen molar-refractivity contribution in [2.75, 3.05) is 7.11 Å². The molecule has 0 aliphatic rings. The zero-order valence-corrected chi connectivity index (χ0v) is 10.4. The van der Waals surface area contributed by atoms with E-state index in [4.69, 9.17) is 5.26 Å². The first kappa shape index (κ1) is 14.3. The first-order valence-electron chi connectivity index (χ1n) is 4.36. The molecule has 1 aromatic carbocycles. The van der Waals surface area contributed by atoms with Crippen LogP contribution >= 0.6 is 15.9 Å². The van der Waals surface area contributed by atoms with Gasteiger partial charge in [0.1, 0.15) is 17.4 Å². The van der Waals surface area contributed by atoms with Crippen molar-refractivity contribution in [3.63, 3.8) is 0 Å². The molecular formula is C10H5BrF3NO3. The number of halogens is 4. The maximum Gasteiger partial charge on any atom is 0.573 e. The van der Waals surface area contributed by atoms with Crippen LogP contribution in [0.2, 0.25) is 0 Å². The molecule has 0 amide bonds. The highest BCUT2D eigenvalue weighted by Gasteiger charge is 2.34. The standard InChI is InChI=1S/C10H5BrF3NO3/c1-17-9(16)8-5(4-15)6(11)2-3-7(8)18-10(12,13)14/h2-3H,1H3. The van der Waals surface area contributed by atoms with Crippen LogP contribution in [0.4, 0.5) is 13.2 Å². The van der Waals surface area contributed by atoms with Crippen LogP contribution in [-0.2, 0) is 4.74 Å². The van der Waals surface area contributed by atoms with Gasteiger partial charge in [-0.2, -0.15) is 5.26 Å². The van der Waals surface area contributed by atoms with E-state index in [-0.39, 0.29) is 10.0 Å². The van der Waals surface area contributed by atoms with E-state index in [1.165, 1.54) is 6.07 Å². The Balaban J connectivity index is 3.44. The van der Waals surface area contributed by atoms with E-state index < -0.39 is 23.6 Å². The molecule has 0 unspecified atom stereocenters. The van der Waals surface area contributed by atoms with E-state index in [0.29, 0.717) is 0 Å². The highest BCUT2D eigenvalue weighted by atomic mass is 79.9. The zero-order valence-electron chi connectivity index (χ0n) is 8.84. The summed E-state index contributed by atoms with van der Waals surface area (Å²) >= 11 is 2.95. The number of esters is 1. The molecule has 0 spiro atoms. The minimum Gasteiger partial charge on any atom is -0.465 e. The summed E-state index contributed by atoms with van der Waals surface area (Å²) in [7, 11) is 0.988. The number of methoxy groups -OCH3 is 1. The van der Waals surface area contributed by atoms with Gasteiger partial charge < -0.3 is 9.47 Å². The lowest BCUT2D eigenvalue weighted by molar-refractivity contribution is -0.274. The number of carbonyl (C=O) groups is 1. The second-order valence-corrected chi connectivity index (χ2v) is 3.80. The summed E-state index contributed by atoms with van der Waals surface area (Å²) in [5, 5.41) is 8.84. The fraction of sp³-hybridized carbons (Fsp3) is 0.200. The number of nitrogens with zero attached hydrogens (tertiary/aromatic N) is 1. The minimum absolute atomic E-state index is 0.167. The van der Waals surface area contributed by atoms with Crippen LogP contribution in [0.25, 0.3) is 0 Å². The van der Waals surface area contributed by atoms with Gasteiger partial charge in [-0.25, -0.2) is 4.79 Å². The molecule has 0 atom stereocenters. The molecular weight excluding hydrogens is 319 g/mol. The topological polar surface area (TPSA) is 59.3 Å². The van der Waals surface area contributed by atoms with Gasteiger partial charge in [0.05, 0.1) is 12.7 Å². The van der Waals surface area contributed by atoms with Gasteiger partial charge in [-0.3, -0.25) is 0 Å². The quantitative estimate of drug-likeness (QED) is 0.785. The van der Waals surface area contributed by atoms with Crippen molar-refractivity contribution in [2.45, 2.75) is 6.36 Å².